The fourth-order valence-corrected chi connectivity index (χ4v) is 3.86. The highest BCUT2D eigenvalue weighted by molar-refractivity contribution is 14.1. The summed E-state index contributed by atoms with van der Waals surface area (Å²) in [5.74, 6) is -16.9. The van der Waals surface area contributed by atoms with Crippen LogP contribution in [0.4, 0.5) is 48.3 Å². The maximum atomic E-state index is 14.4. The minimum Gasteiger partial charge on any atom is -0.226 e. The molecule has 23 heavy (non-hydrogen) atoms. The summed E-state index contributed by atoms with van der Waals surface area (Å²) in [5.41, 5.74) is -5.99. The van der Waals surface area contributed by atoms with Crippen LogP contribution in [-0.2, 0) is 0 Å². The molecule has 1 rings (SSSR count). The van der Waals surface area contributed by atoms with E-state index in [9.17, 15) is 48.3 Å². The highest BCUT2D eigenvalue weighted by Crippen LogP contribution is 2.62. The van der Waals surface area contributed by atoms with Gasteiger partial charge >= 0.3 is 24.2 Å². The lowest BCUT2D eigenvalue weighted by molar-refractivity contribution is -0.420. The van der Waals surface area contributed by atoms with Gasteiger partial charge in [0.25, 0.3) is 5.67 Å². The van der Waals surface area contributed by atoms with Crippen molar-refractivity contribution < 1.29 is 48.3 Å². The molecule has 3 atom stereocenters. The topological polar surface area (TPSA) is 0 Å². The van der Waals surface area contributed by atoms with Crippen LogP contribution in [-0.4, -0.2) is 33.8 Å². The quantitative estimate of drug-likeness (QED) is 0.262. The number of halogens is 12. The first-order valence-electron chi connectivity index (χ1n) is 6.24. The normalized spacial score (nSPS) is 27.7. The van der Waals surface area contributed by atoms with Gasteiger partial charge in [-0.15, -0.1) is 0 Å². The van der Waals surface area contributed by atoms with Crippen molar-refractivity contribution in [3.63, 3.8) is 0 Å². The first-order valence-corrected chi connectivity index (χ1v) is 7.48. The van der Waals surface area contributed by atoms with Crippen molar-refractivity contribution in [2.24, 2.45) is 5.92 Å². The average molecular weight is 478 g/mol. The predicted octanol–water partition coefficient (Wildman–Crippen LogP) is 6.08. The van der Waals surface area contributed by atoms with E-state index in [2.05, 4.69) is 0 Å². The van der Waals surface area contributed by atoms with E-state index >= 15 is 0 Å². The summed E-state index contributed by atoms with van der Waals surface area (Å²) in [6, 6.07) is 0. The lowest BCUT2D eigenvalue weighted by Gasteiger charge is -2.46. The van der Waals surface area contributed by atoms with Crippen molar-refractivity contribution >= 4 is 22.6 Å². The molecule has 1 aliphatic carbocycles. The minimum absolute atomic E-state index is 0.181. The predicted molar refractivity (Wildman–Crippen MR) is 65.6 cm³/mol. The molecule has 0 spiro atoms. The third-order valence-corrected chi connectivity index (χ3v) is 5.30. The van der Waals surface area contributed by atoms with Crippen molar-refractivity contribution in [2.45, 2.75) is 59.5 Å². The van der Waals surface area contributed by atoms with E-state index in [0.29, 0.717) is 0 Å². The van der Waals surface area contributed by atoms with Gasteiger partial charge in [-0.3, -0.25) is 0 Å². The number of hydrogen-bond donors (Lipinski definition) is 0. The molecule has 0 aliphatic heterocycles. The molecule has 1 aliphatic rings. The Balaban J connectivity index is 3.53. The zero-order valence-corrected chi connectivity index (χ0v) is 13.2. The first-order chi connectivity index (χ1) is 10.0. The zero-order chi connectivity index (χ0) is 18.5. The molecule has 0 radical (unpaired) electrons. The molecule has 0 N–H and O–H groups in total. The molecular formula is C11H10F11I. The summed E-state index contributed by atoms with van der Waals surface area (Å²) in [4.78, 5) is 0. The van der Waals surface area contributed by atoms with E-state index in [1.165, 1.54) is 22.6 Å². The Hall–Kier alpha value is -0.0400. The lowest BCUT2D eigenvalue weighted by Crippen LogP contribution is -2.71. The van der Waals surface area contributed by atoms with Gasteiger partial charge in [0, 0.05) is 9.84 Å². The first kappa shape index (κ1) is 21.0. The van der Waals surface area contributed by atoms with E-state index in [0.717, 1.165) is 0 Å². The number of alkyl halides is 12. The van der Waals surface area contributed by atoms with Gasteiger partial charge in [0.05, 0.1) is 0 Å². The van der Waals surface area contributed by atoms with Crippen LogP contribution < -0.4 is 0 Å². The molecule has 0 saturated heterocycles. The third kappa shape index (κ3) is 3.12. The summed E-state index contributed by atoms with van der Waals surface area (Å²) in [5, 5.41) is 0. The van der Waals surface area contributed by atoms with Crippen molar-refractivity contribution in [2.75, 3.05) is 0 Å². The Bertz CT molecular complexity index is 427. The van der Waals surface area contributed by atoms with Gasteiger partial charge in [-0.1, -0.05) is 35.4 Å². The van der Waals surface area contributed by atoms with E-state index in [1.54, 1.807) is 0 Å². The van der Waals surface area contributed by atoms with E-state index in [1.807, 2.05) is 0 Å². The standard InChI is InChI=1S/C11H10F11I/c12-7(10(17,18)19,5-3-1-2-4-6(5)23)8(13,14)9(15,16)11(20,21)22/h5-6H,1-4H2. The molecule has 0 aromatic rings. The van der Waals surface area contributed by atoms with Crippen molar-refractivity contribution in [1.82, 2.24) is 0 Å². The molecule has 0 bridgehead atoms. The molecule has 0 aromatic carbocycles. The van der Waals surface area contributed by atoms with Gasteiger partial charge in [0.1, 0.15) is 0 Å². The lowest BCUT2D eigenvalue weighted by atomic mass is 9.72. The van der Waals surface area contributed by atoms with Crippen LogP contribution in [0.15, 0.2) is 0 Å². The molecule has 0 nitrogen and oxygen atoms in total. The fourth-order valence-electron chi connectivity index (χ4n) is 2.56. The monoisotopic (exact) mass is 478 g/mol. The summed E-state index contributed by atoms with van der Waals surface area (Å²) in [6.45, 7) is 0. The third-order valence-electron chi connectivity index (χ3n) is 3.81. The Morgan fingerprint density at radius 2 is 1.04 bits per heavy atom. The van der Waals surface area contributed by atoms with Crippen LogP contribution >= 0.6 is 22.6 Å². The molecule has 1 saturated carbocycles. The summed E-state index contributed by atoms with van der Waals surface area (Å²) in [6.07, 6.45) is -14.6. The summed E-state index contributed by atoms with van der Waals surface area (Å²) >= 11 is 1.17. The van der Waals surface area contributed by atoms with E-state index in [-0.39, 0.29) is 19.3 Å². The highest BCUT2D eigenvalue weighted by Gasteiger charge is 2.88. The summed E-state index contributed by atoms with van der Waals surface area (Å²) < 4.78 is 141. The molecule has 0 heterocycles. The zero-order valence-electron chi connectivity index (χ0n) is 11.0. The molecule has 3 unspecified atom stereocenters. The van der Waals surface area contributed by atoms with Gasteiger partial charge in [0.15, 0.2) is 0 Å². The van der Waals surface area contributed by atoms with Crippen LogP contribution in [0.5, 0.6) is 0 Å². The van der Waals surface area contributed by atoms with Crippen molar-refractivity contribution in [3.8, 4) is 0 Å². The second kappa shape index (κ2) is 6.04. The van der Waals surface area contributed by atoms with Crippen molar-refractivity contribution in [3.05, 3.63) is 0 Å². The van der Waals surface area contributed by atoms with Gasteiger partial charge in [-0.2, -0.15) is 43.9 Å². The Kier molecular flexibility index (Phi) is 5.52. The average Bonchev–Trinajstić information content (AvgIpc) is 2.35. The number of rotatable bonds is 3. The maximum Gasteiger partial charge on any atom is 0.460 e. The molecule has 0 aromatic heterocycles. The number of hydrogen-bond acceptors (Lipinski definition) is 0. The van der Waals surface area contributed by atoms with Crippen LogP contribution in [0.25, 0.3) is 0 Å². The largest absolute Gasteiger partial charge is 0.460 e. The Morgan fingerprint density at radius 3 is 1.39 bits per heavy atom. The molecule has 0 amide bonds. The van der Waals surface area contributed by atoms with Gasteiger partial charge in [-0.05, 0) is 12.8 Å². The van der Waals surface area contributed by atoms with Gasteiger partial charge in [-0.25, -0.2) is 4.39 Å². The Morgan fingerprint density at radius 1 is 0.609 bits per heavy atom. The van der Waals surface area contributed by atoms with Crippen molar-refractivity contribution in [1.29, 1.82) is 0 Å². The molecule has 138 valence electrons. The summed E-state index contributed by atoms with van der Waals surface area (Å²) in [7, 11) is 0. The second-order valence-electron chi connectivity index (χ2n) is 5.26. The SMILES string of the molecule is FC(F)(F)C(F)(F)C(F)(F)C(F)(C1CCCCC1I)C(F)(F)F. The maximum absolute atomic E-state index is 14.4. The minimum atomic E-state index is -7.17. The fraction of sp³-hybridized carbons (Fsp3) is 1.00. The highest BCUT2D eigenvalue weighted by atomic mass is 127. The van der Waals surface area contributed by atoms with Gasteiger partial charge in [0.2, 0.25) is 0 Å². The smallest absolute Gasteiger partial charge is 0.226 e. The van der Waals surface area contributed by atoms with E-state index in [4.69, 9.17) is 0 Å². The van der Waals surface area contributed by atoms with Crippen LogP contribution in [0.1, 0.15) is 25.7 Å². The molecular weight excluding hydrogens is 468 g/mol. The molecule has 12 heteroatoms. The molecule has 1 fully saturated rings. The van der Waals surface area contributed by atoms with Gasteiger partial charge < -0.3 is 0 Å². The Labute approximate surface area is 136 Å². The van der Waals surface area contributed by atoms with Crippen LogP contribution in [0.2, 0.25) is 0 Å². The van der Waals surface area contributed by atoms with E-state index < -0.39 is 46.1 Å². The second-order valence-corrected chi connectivity index (χ2v) is 6.86. The van der Waals surface area contributed by atoms with Crippen LogP contribution in [0, 0.1) is 5.92 Å². The van der Waals surface area contributed by atoms with Crippen LogP contribution in [0.3, 0.4) is 0 Å².